The zero-order valence-corrected chi connectivity index (χ0v) is 21.1. The van der Waals surface area contributed by atoms with Crippen LogP contribution in [-0.2, 0) is 19.0 Å². The Labute approximate surface area is 234 Å². The first-order chi connectivity index (χ1) is 19.3. The summed E-state index contributed by atoms with van der Waals surface area (Å²) in [5.41, 5.74) is 0.555. The van der Waals surface area contributed by atoms with E-state index in [0.29, 0.717) is 17.7 Å². The van der Waals surface area contributed by atoms with Crippen molar-refractivity contribution in [2.45, 2.75) is 55.6 Å². The molecule has 0 aliphatic rings. The van der Waals surface area contributed by atoms with Crippen molar-refractivity contribution in [1.29, 1.82) is 0 Å². The van der Waals surface area contributed by atoms with Crippen LogP contribution in [0.5, 0.6) is 11.5 Å². The Morgan fingerprint density at radius 1 is 0.628 bits per heavy atom. The maximum atomic E-state index is 13.8. The molecule has 0 saturated heterocycles. The second-order valence-corrected chi connectivity index (χ2v) is 8.57. The predicted molar refractivity (Wildman–Crippen MR) is 112 cm³/mol. The number of carbonyl (C=O) groups excluding carboxylic acids is 1. The summed E-state index contributed by atoms with van der Waals surface area (Å²) in [4.78, 5) is 11.5. The van der Waals surface area contributed by atoms with Crippen LogP contribution < -0.4 is 9.47 Å². The van der Waals surface area contributed by atoms with Crippen molar-refractivity contribution in [3.8, 4) is 22.6 Å². The molecule has 242 valence electrons. The molecule has 0 aromatic heterocycles. The van der Waals surface area contributed by atoms with Gasteiger partial charge < -0.3 is 9.47 Å². The third-order valence-corrected chi connectivity index (χ3v) is 4.71. The predicted octanol–water partition coefficient (Wildman–Crippen LogP) is 8.09. The van der Waals surface area contributed by atoms with Gasteiger partial charge in [0.15, 0.2) is 0 Å². The Morgan fingerprint density at radius 3 is 1.42 bits per heavy atom. The van der Waals surface area contributed by atoms with E-state index in [9.17, 15) is 66.3 Å². The molecule has 2 rings (SSSR count). The average Bonchev–Trinajstić information content (AvgIpc) is 2.81. The van der Waals surface area contributed by atoms with Crippen molar-refractivity contribution in [2.24, 2.45) is 0 Å². The van der Waals surface area contributed by atoms with Gasteiger partial charge in [-0.1, -0.05) is 24.3 Å². The van der Waals surface area contributed by atoms with E-state index in [0.717, 1.165) is 12.1 Å². The second-order valence-electron chi connectivity index (χ2n) is 7.91. The van der Waals surface area contributed by atoms with E-state index in [-0.39, 0.29) is 11.3 Å². The van der Waals surface area contributed by atoms with Gasteiger partial charge in [-0.25, -0.2) is 9.47 Å². The minimum atomic E-state index is -7.19. The maximum absolute atomic E-state index is 13.8. The van der Waals surface area contributed by atoms with Gasteiger partial charge in [0.2, 0.25) is 0 Å². The molecule has 0 bridgehead atoms. The molecular weight excluding hydrogens is 662 g/mol. The Bertz CT molecular complexity index is 1230. The van der Waals surface area contributed by atoms with Gasteiger partial charge in [0, 0.05) is 0 Å². The highest BCUT2D eigenvalue weighted by molar-refractivity contribution is 6.29. The average molecular weight is 675 g/mol. The highest BCUT2D eigenvalue weighted by Gasteiger charge is 2.74. The lowest BCUT2D eigenvalue weighted by atomic mass is 10.1. The molecule has 21 heteroatoms. The molecule has 1 unspecified atom stereocenters. The van der Waals surface area contributed by atoms with Gasteiger partial charge in [0.25, 0.3) is 0 Å². The number of rotatable bonds is 12. The van der Waals surface area contributed by atoms with Crippen molar-refractivity contribution in [3.63, 3.8) is 0 Å². The highest BCUT2D eigenvalue weighted by atomic mass is 35.5. The van der Waals surface area contributed by atoms with Crippen LogP contribution in [0.4, 0.5) is 61.5 Å². The molecule has 43 heavy (non-hydrogen) atoms. The van der Waals surface area contributed by atoms with Crippen LogP contribution >= 0.6 is 11.6 Å². The Balaban J connectivity index is 2.21. The lowest BCUT2D eigenvalue weighted by Crippen LogP contribution is -2.57. The van der Waals surface area contributed by atoms with Gasteiger partial charge in [-0.15, -0.1) is 24.8 Å². The van der Waals surface area contributed by atoms with Crippen molar-refractivity contribution >= 4 is 17.6 Å². The second kappa shape index (κ2) is 12.5. The van der Waals surface area contributed by atoms with Crippen LogP contribution in [0, 0.1) is 0 Å². The molecule has 0 aliphatic heterocycles. The Kier molecular flexibility index (Phi) is 10.5. The minimum absolute atomic E-state index is 0.0578. The van der Waals surface area contributed by atoms with E-state index >= 15 is 0 Å². The van der Waals surface area contributed by atoms with Gasteiger partial charge in [0.05, 0.1) is 0 Å². The number of ether oxygens (including phenoxy) is 5. The fraction of sp³-hybridized carbons (Fsp3) is 0.409. The first-order valence-electron chi connectivity index (χ1n) is 10.7. The summed E-state index contributed by atoms with van der Waals surface area (Å²) >= 11 is 5.56. The van der Waals surface area contributed by atoms with Crippen LogP contribution in [0.25, 0.3) is 11.1 Å². The van der Waals surface area contributed by atoms with Crippen molar-refractivity contribution < 1.29 is 89.9 Å². The molecule has 0 saturated carbocycles. The molecule has 6 nitrogen and oxygen atoms in total. The van der Waals surface area contributed by atoms with Gasteiger partial charge in [-0.2, -0.15) is 48.3 Å². The van der Waals surface area contributed by atoms with E-state index in [1.165, 1.54) is 31.2 Å². The molecule has 0 spiro atoms. The summed E-state index contributed by atoms with van der Waals surface area (Å²) in [5, 5.41) is -0.973. The van der Waals surface area contributed by atoms with Crippen LogP contribution in [0.3, 0.4) is 0 Å². The summed E-state index contributed by atoms with van der Waals surface area (Å²) in [6.45, 7) is 1.34. The van der Waals surface area contributed by atoms with Crippen molar-refractivity contribution in [1.82, 2.24) is 0 Å². The van der Waals surface area contributed by atoms with Crippen LogP contribution in [0.2, 0.25) is 0 Å². The van der Waals surface area contributed by atoms with Gasteiger partial charge >= 0.3 is 49.2 Å². The topological polar surface area (TPSA) is 63.2 Å². The molecule has 0 fully saturated rings. The van der Waals surface area contributed by atoms with E-state index in [1.807, 2.05) is 0 Å². The molecular formula is C22H13ClF14O6. The first-order valence-corrected chi connectivity index (χ1v) is 11.2. The van der Waals surface area contributed by atoms with Gasteiger partial charge in [0.1, 0.15) is 16.9 Å². The lowest BCUT2D eigenvalue weighted by molar-refractivity contribution is -0.560. The minimum Gasteiger partial charge on any atom is -0.455 e. The highest BCUT2D eigenvalue weighted by Crippen LogP contribution is 2.48. The summed E-state index contributed by atoms with van der Waals surface area (Å²) in [5.74, 6) is -1.72. The van der Waals surface area contributed by atoms with Crippen molar-refractivity contribution in [2.75, 3.05) is 0 Å². The number of esters is 1. The van der Waals surface area contributed by atoms with E-state index in [4.69, 9.17) is 16.3 Å². The Hall–Kier alpha value is -3.10. The summed E-state index contributed by atoms with van der Waals surface area (Å²) in [6, 6.07) is 8.70. The first kappa shape index (κ1) is 36.1. The fourth-order valence-corrected chi connectivity index (χ4v) is 2.65. The molecule has 2 aromatic rings. The molecule has 0 N–H and O–H groups in total. The van der Waals surface area contributed by atoms with Crippen LogP contribution in [0.15, 0.2) is 48.5 Å². The standard InChI is InChI=1S/C22H13ClF14O6/c1-10(23)15(38)39-13-6-2-11(3-7-13)12-4-8-14(9-5-12)40-16(17(24,25)26)41-18(27,28)19(29,30)42-20(31,32)21(33,34)43-22(35,36)37/h2-10,16H,1H3/t10-,16?/m0/s1. The van der Waals surface area contributed by atoms with Gasteiger partial charge in [-0.3, -0.25) is 9.53 Å². The molecule has 0 aliphatic carbocycles. The SMILES string of the molecule is C[C@H](Cl)C(=O)Oc1ccc(-c2ccc(OC(OC(F)(F)C(F)(F)OC(F)(F)C(F)(F)OC(F)(F)F)C(F)(F)F)cc2)cc1. The normalized spacial score (nSPS) is 15.2. The summed E-state index contributed by atoms with van der Waals surface area (Å²) < 4.78 is 198. The Morgan fingerprint density at radius 2 is 1.02 bits per heavy atom. The molecule has 2 atom stereocenters. The largest absolute Gasteiger partial charge is 0.527 e. The maximum Gasteiger partial charge on any atom is 0.527 e. The summed E-state index contributed by atoms with van der Waals surface area (Å²) in [6.07, 6.45) is -45.4. The molecule has 0 amide bonds. The zero-order chi connectivity index (χ0) is 33.2. The van der Waals surface area contributed by atoms with E-state index < -0.39 is 60.4 Å². The quantitative estimate of drug-likeness (QED) is 0.0746. The number of carbonyl (C=O) groups is 1. The zero-order valence-electron chi connectivity index (χ0n) is 20.4. The summed E-state index contributed by atoms with van der Waals surface area (Å²) in [7, 11) is 0. The van der Waals surface area contributed by atoms with Crippen LogP contribution in [-0.4, -0.2) is 54.6 Å². The van der Waals surface area contributed by atoms with Crippen molar-refractivity contribution in [3.05, 3.63) is 48.5 Å². The third-order valence-electron chi connectivity index (χ3n) is 4.53. The van der Waals surface area contributed by atoms with Gasteiger partial charge in [-0.05, 0) is 42.3 Å². The molecule has 0 radical (unpaired) electrons. The number of hydrogen-bond donors (Lipinski definition) is 0. The van der Waals surface area contributed by atoms with E-state index in [1.54, 1.807) is 9.47 Å². The smallest absolute Gasteiger partial charge is 0.455 e. The van der Waals surface area contributed by atoms with E-state index in [2.05, 4.69) is 9.47 Å². The number of halogens is 15. The third kappa shape index (κ3) is 9.70. The molecule has 0 heterocycles. The lowest BCUT2D eigenvalue weighted by Gasteiger charge is -2.33. The number of hydrogen-bond acceptors (Lipinski definition) is 6. The fourth-order valence-electron chi connectivity index (χ4n) is 2.61. The van der Waals surface area contributed by atoms with Crippen LogP contribution in [0.1, 0.15) is 6.92 Å². The molecule has 2 aromatic carbocycles. The monoisotopic (exact) mass is 674 g/mol. The number of benzene rings is 2. The number of alkyl halides is 15.